The summed E-state index contributed by atoms with van der Waals surface area (Å²) in [5.41, 5.74) is 1.14. The molecule has 4 fully saturated rings. The van der Waals surface area contributed by atoms with Gasteiger partial charge < -0.3 is 15.3 Å². The third-order valence-electron chi connectivity index (χ3n) is 13.0. The average molecular weight is 531 g/mol. The maximum Gasteiger partial charge on any atom is 0.115 e. The van der Waals surface area contributed by atoms with Gasteiger partial charge in [0.25, 0.3) is 0 Å². The van der Waals surface area contributed by atoms with Crippen LogP contribution >= 0.6 is 0 Å². The normalized spacial score (nSPS) is 40.8. The van der Waals surface area contributed by atoms with Crippen LogP contribution in [0.25, 0.3) is 0 Å². The Kier molecular flexibility index (Phi) is 7.26. The summed E-state index contributed by atoms with van der Waals surface area (Å²) in [6.07, 6.45) is 10.1. The van der Waals surface area contributed by atoms with Gasteiger partial charge in [-0.05, 0) is 122 Å². The third-order valence-corrected chi connectivity index (χ3v) is 13.0. The highest BCUT2D eigenvalue weighted by Gasteiger charge is 2.63. The summed E-state index contributed by atoms with van der Waals surface area (Å²) in [6, 6.07) is 20.3. The van der Waals surface area contributed by atoms with Crippen LogP contribution in [0, 0.1) is 46.3 Å². The first-order chi connectivity index (χ1) is 18.7. The summed E-state index contributed by atoms with van der Waals surface area (Å²) < 4.78 is 0. The molecule has 39 heavy (non-hydrogen) atoms. The van der Waals surface area contributed by atoms with Gasteiger partial charge in [-0.1, -0.05) is 81.4 Å². The number of rotatable bonds is 6. The lowest BCUT2D eigenvalue weighted by molar-refractivity contribution is -0.175. The number of hydrogen-bond acceptors (Lipinski definition) is 3. The molecule has 0 heterocycles. The van der Waals surface area contributed by atoms with Crippen LogP contribution in [0.5, 0.6) is 0 Å². The molecule has 4 aliphatic rings. The highest BCUT2D eigenvalue weighted by Crippen LogP contribution is 2.68. The molecule has 4 aliphatic carbocycles. The maximum atomic E-state index is 12.1. The molecule has 0 spiro atoms. The zero-order valence-electron chi connectivity index (χ0n) is 24.3. The monoisotopic (exact) mass is 530 g/mol. The molecule has 3 nitrogen and oxygen atoms in total. The van der Waals surface area contributed by atoms with Crippen LogP contribution in [0.4, 0.5) is 0 Å². The van der Waals surface area contributed by atoms with Gasteiger partial charge in [0.1, 0.15) is 5.60 Å². The smallest absolute Gasteiger partial charge is 0.115 e. The van der Waals surface area contributed by atoms with Gasteiger partial charge in [0, 0.05) is 0 Å². The second-order valence-corrected chi connectivity index (χ2v) is 14.5. The molecule has 0 radical (unpaired) electrons. The minimum absolute atomic E-state index is 0.0461. The fraction of sp³-hybridized carbons (Fsp3) is 0.667. The molecule has 2 aromatic rings. The third kappa shape index (κ3) is 4.43. The molecule has 4 saturated carbocycles. The van der Waals surface area contributed by atoms with Gasteiger partial charge >= 0.3 is 0 Å². The number of benzene rings is 2. The van der Waals surface area contributed by atoms with E-state index >= 15 is 0 Å². The molecule has 2 aromatic carbocycles. The predicted molar refractivity (Wildman–Crippen MR) is 157 cm³/mol. The summed E-state index contributed by atoms with van der Waals surface area (Å²) in [4.78, 5) is 0. The van der Waals surface area contributed by atoms with Crippen molar-refractivity contribution in [3.8, 4) is 0 Å². The SMILES string of the molecule is C[C@@H](CCC(O)(c1ccccc1)c1ccccc1)[C@H]1CC[C@H]2[C@@H]3CC[C@@H]4C[C@H](O)CC[C@]4(C)[C@H]3C[C@H](O)[C@]12C. The summed E-state index contributed by atoms with van der Waals surface area (Å²) in [7, 11) is 0. The van der Waals surface area contributed by atoms with E-state index in [2.05, 4.69) is 45.0 Å². The minimum atomic E-state index is -1.01. The van der Waals surface area contributed by atoms with Crippen molar-refractivity contribution in [2.45, 2.75) is 103 Å². The molecule has 0 saturated heterocycles. The zero-order valence-corrected chi connectivity index (χ0v) is 24.3. The molecule has 0 bridgehead atoms. The maximum absolute atomic E-state index is 12.1. The van der Waals surface area contributed by atoms with Crippen LogP contribution in [0.2, 0.25) is 0 Å². The molecule has 0 aromatic heterocycles. The molecule has 0 amide bonds. The molecule has 10 atom stereocenters. The molecule has 212 valence electrons. The van der Waals surface area contributed by atoms with Crippen LogP contribution in [-0.2, 0) is 5.60 Å². The number of aliphatic hydroxyl groups is 3. The van der Waals surface area contributed by atoms with Gasteiger partial charge in [-0.15, -0.1) is 0 Å². The summed E-state index contributed by atoms with van der Waals surface area (Å²) in [5, 5.41) is 34.5. The molecule has 0 unspecified atom stereocenters. The Morgan fingerprint density at radius 1 is 0.821 bits per heavy atom. The Hall–Kier alpha value is -1.68. The first kappa shape index (κ1) is 27.5. The molecule has 0 aliphatic heterocycles. The van der Waals surface area contributed by atoms with Crippen LogP contribution in [0.3, 0.4) is 0 Å². The fourth-order valence-corrected chi connectivity index (χ4v) is 10.7. The second kappa shape index (κ2) is 10.3. The highest BCUT2D eigenvalue weighted by molar-refractivity contribution is 5.35. The Morgan fingerprint density at radius 2 is 1.46 bits per heavy atom. The van der Waals surface area contributed by atoms with Crippen molar-refractivity contribution in [1.82, 2.24) is 0 Å². The van der Waals surface area contributed by atoms with E-state index in [-0.39, 0.29) is 23.0 Å². The first-order valence-corrected chi connectivity index (χ1v) is 15.9. The van der Waals surface area contributed by atoms with Crippen molar-refractivity contribution in [1.29, 1.82) is 0 Å². The van der Waals surface area contributed by atoms with E-state index in [0.717, 1.165) is 43.2 Å². The lowest BCUT2D eigenvalue weighted by Gasteiger charge is -2.62. The number of fused-ring (bicyclic) bond motifs is 5. The Balaban J connectivity index is 1.22. The molecule has 3 N–H and O–H groups in total. The van der Waals surface area contributed by atoms with E-state index in [0.29, 0.717) is 41.9 Å². The number of aliphatic hydroxyl groups excluding tert-OH is 2. The number of hydrogen-bond donors (Lipinski definition) is 3. The van der Waals surface area contributed by atoms with Gasteiger partial charge in [0.05, 0.1) is 12.2 Å². The average Bonchev–Trinajstić information content (AvgIpc) is 3.32. The van der Waals surface area contributed by atoms with Gasteiger partial charge in [0.2, 0.25) is 0 Å². The first-order valence-electron chi connectivity index (χ1n) is 15.9. The van der Waals surface area contributed by atoms with Crippen LogP contribution in [0.15, 0.2) is 60.7 Å². The van der Waals surface area contributed by atoms with E-state index in [1.54, 1.807) is 0 Å². The van der Waals surface area contributed by atoms with Crippen molar-refractivity contribution in [3.63, 3.8) is 0 Å². The van der Waals surface area contributed by atoms with Crippen molar-refractivity contribution in [2.75, 3.05) is 0 Å². The van der Waals surface area contributed by atoms with Gasteiger partial charge in [-0.3, -0.25) is 0 Å². The Labute approximate surface area is 236 Å². The zero-order chi connectivity index (χ0) is 27.4. The van der Waals surface area contributed by atoms with Gasteiger partial charge in [0.15, 0.2) is 0 Å². The van der Waals surface area contributed by atoms with Crippen molar-refractivity contribution >= 4 is 0 Å². The van der Waals surface area contributed by atoms with Crippen molar-refractivity contribution in [2.24, 2.45) is 46.3 Å². The predicted octanol–water partition coefficient (Wildman–Crippen LogP) is 7.33. The van der Waals surface area contributed by atoms with Crippen LogP contribution in [-0.4, -0.2) is 27.5 Å². The summed E-state index contributed by atoms with van der Waals surface area (Å²) >= 11 is 0. The van der Waals surface area contributed by atoms with Crippen LogP contribution < -0.4 is 0 Å². The van der Waals surface area contributed by atoms with Crippen molar-refractivity contribution < 1.29 is 15.3 Å². The molecular formula is C36H50O3. The van der Waals surface area contributed by atoms with Gasteiger partial charge in [-0.2, -0.15) is 0 Å². The fourth-order valence-electron chi connectivity index (χ4n) is 10.7. The largest absolute Gasteiger partial charge is 0.393 e. The van der Waals surface area contributed by atoms with Gasteiger partial charge in [-0.25, -0.2) is 0 Å². The van der Waals surface area contributed by atoms with E-state index in [9.17, 15) is 15.3 Å². The van der Waals surface area contributed by atoms with E-state index in [4.69, 9.17) is 0 Å². The van der Waals surface area contributed by atoms with E-state index in [1.807, 2.05) is 36.4 Å². The van der Waals surface area contributed by atoms with E-state index in [1.165, 1.54) is 25.7 Å². The topological polar surface area (TPSA) is 60.7 Å². The lowest BCUT2D eigenvalue weighted by atomic mass is 9.43. The standard InChI is InChI=1S/C36H50O3/c1-24(18-21-36(39,25-10-6-4-7-11-25)26-12-8-5-9-13-26)30-16-17-31-29-15-14-27-22-28(37)19-20-34(27,2)32(29)23-33(38)35(30,31)3/h4-13,24,27-33,37-39H,14-23H2,1-3H3/t24-,27+,28+,29-,30+,31-,32-,33-,34-,35+/m0/s1. The van der Waals surface area contributed by atoms with Crippen LogP contribution in [0.1, 0.15) is 96.1 Å². The summed E-state index contributed by atoms with van der Waals surface area (Å²) in [6.45, 7) is 7.30. The summed E-state index contributed by atoms with van der Waals surface area (Å²) in [5.74, 6) is 3.41. The second-order valence-electron chi connectivity index (χ2n) is 14.5. The van der Waals surface area contributed by atoms with Crippen molar-refractivity contribution in [3.05, 3.63) is 71.8 Å². The molecular weight excluding hydrogens is 480 g/mol. The Bertz CT molecular complexity index is 1080. The highest BCUT2D eigenvalue weighted by atomic mass is 16.3. The van der Waals surface area contributed by atoms with E-state index < -0.39 is 5.60 Å². The Morgan fingerprint density at radius 3 is 2.10 bits per heavy atom. The minimum Gasteiger partial charge on any atom is -0.393 e. The quantitative estimate of drug-likeness (QED) is 0.366. The lowest BCUT2D eigenvalue weighted by Crippen LogP contribution is -2.58. The molecule has 3 heteroatoms. The molecule has 6 rings (SSSR count).